The van der Waals surface area contributed by atoms with E-state index >= 15 is 0 Å². The first-order valence-corrected chi connectivity index (χ1v) is 13.0. The number of nitrogens with one attached hydrogen (secondary N) is 2. The summed E-state index contributed by atoms with van der Waals surface area (Å²) >= 11 is 12.4. The van der Waals surface area contributed by atoms with Crippen LogP contribution in [-0.2, 0) is 14.3 Å². The molecule has 1 aliphatic heterocycles. The predicted octanol–water partition coefficient (Wildman–Crippen LogP) is 6.29. The summed E-state index contributed by atoms with van der Waals surface area (Å²) in [6.07, 6.45) is 1.68. The van der Waals surface area contributed by atoms with E-state index in [1.165, 1.54) is 18.2 Å². The Morgan fingerprint density at radius 1 is 0.897 bits per heavy atom. The van der Waals surface area contributed by atoms with E-state index in [0.29, 0.717) is 34.3 Å². The Hall–Kier alpha value is -4.14. The van der Waals surface area contributed by atoms with Crippen molar-refractivity contribution in [2.45, 2.75) is 26.7 Å². The fourth-order valence-corrected chi connectivity index (χ4v) is 4.16. The van der Waals surface area contributed by atoms with Crippen LogP contribution in [0.15, 0.2) is 77.5 Å². The van der Waals surface area contributed by atoms with E-state index in [0.717, 1.165) is 23.3 Å². The zero-order valence-corrected chi connectivity index (χ0v) is 22.7. The summed E-state index contributed by atoms with van der Waals surface area (Å²) in [5.41, 5.74) is 2.35. The molecule has 10 heteroatoms. The van der Waals surface area contributed by atoms with Crippen molar-refractivity contribution in [3.63, 3.8) is 0 Å². The standard InChI is InChI=1S/C29H25Cl2N3O5/c1-3-4-13-39-29(38)19-8-6-10-21(15-19)33-26(35)18-7-5-9-20(14-18)32-25-24(31)27(36)34(28(25)37)22-12-11-17(2)23(30)16-22/h5-12,14-16,32H,3-4,13H2,1-2H3,(H,33,35). The summed E-state index contributed by atoms with van der Waals surface area (Å²) < 4.78 is 5.23. The molecule has 0 saturated heterocycles. The molecule has 4 rings (SSSR count). The molecule has 200 valence electrons. The van der Waals surface area contributed by atoms with E-state index in [4.69, 9.17) is 27.9 Å². The minimum absolute atomic E-state index is 0.120. The zero-order chi connectivity index (χ0) is 28.1. The lowest BCUT2D eigenvalue weighted by Crippen LogP contribution is -2.32. The molecule has 39 heavy (non-hydrogen) atoms. The number of anilines is 3. The van der Waals surface area contributed by atoms with Gasteiger partial charge in [0.1, 0.15) is 10.7 Å². The monoisotopic (exact) mass is 565 g/mol. The number of benzene rings is 3. The maximum Gasteiger partial charge on any atom is 0.338 e. The Morgan fingerprint density at radius 2 is 1.59 bits per heavy atom. The summed E-state index contributed by atoms with van der Waals surface area (Å²) in [4.78, 5) is 52.0. The minimum Gasteiger partial charge on any atom is -0.462 e. The quantitative estimate of drug-likeness (QED) is 0.179. The molecule has 0 unspecified atom stereocenters. The smallest absolute Gasteiger partial charge is 0.338 e. The molecule has 3 aromatic carbocycles. The Balaban J connectivity index is 1.47. The van der Waals surface area contributed by atoms with Crippen LogP contribution in [0.5, 0.6) is 0 Å². The molecule has 0 radical (unpaired) electrons. The summed E-state index contributed by atoms with van der Waals surface area (Å²) in [5.74, 6) is -2.25. The third-order valence-corrected chi connectivity index (χ3v) is 6.68. The van der Waals surface area contributed by atoms with Crippen LogP contribution < -0.4 is 15.5 Å². The molecule has 3 aromatic rings. The largest absolute Gasteiger partial charge is 0.462 e. The second-order valence-electron chi connectivity index (χ2n) is 8.80. The normalized spacial score (nSPS) is 13.1. The molecule has 0 aromatic heterocycles. The van der Waals surface area contributed by atoms with Gasteiger partial charge in [0.15, 0.2) is 0 Å². The fourth-order valence-electron chi connectivity index (χ4n) is 3.77. The van der Waals surface area contributed by atoms with E-state index in [1.807, 2.05) is 6.92 Å². The first kappa shape index (κ1) is 27.9. The van der Waals surface area contributed by atoms with Crippen molar-refractivity contribution >= 4 is 64.0 Å². The average Bonchev–Trinajstić information content (AvgIpc) is 3.13. The number of amides is 3. The Morgan fingerprint density at radius 3 is 2.31 bits per heavy atom. The minimum atomic E-state index is -0.689. The maximum atomic E-state index is 13.1. The number of imide groups is 1. The second-order valence-corrected chi connectivity index (χ2v) is 9.58. The van der Waals surface area contributed by atoms with E-state index in [2.05, 4.69) is 10.6 Å². The number of rotatable bonds is 9. The number of nitrogens with zero attached hydrogens (tertiary/aromatic N) is 1. The van der Waals surface area contributed by atoms with E-state index in [1.54, 1.807) is 55.5 Å². The van der Waals surface area contributed by atoms with Crippen LogP contribution in [-0.4, -0.2) is 30.3 Å². The number of halogens is 2. The van der Waals surface area contributed by atoms with Gasteiger partial charge in [0.05, 0.1) is 17.9 Å². The number of esters is 1. The van der Waals surface area contributed by atoms with Crippen LogP contribution in [0.4, 0.5) is 17.1 Å². The van der Waals surface area contributed by atoms with Gasteiger partial charge >= 0.3 is 5.97 Å². The number of hydrogen-bond donors (Lipinski definition) is 2. The highest BCUT2D eigenvalue weighted by molar-refractivity contribution is 6.53. The van der Waals surface area contributed by atoms with Gasteiger partial charge in [0, 0.05) is 22.0 Å². The van der Waals surface area contributed by atoms with Gasteiger partial charge in [-0.2, -0.15) is 0 Å². The molecular formula is C29H25Cl2N3O5. The van der Waals surface area contributed by atoms with Gasteiger partial charge in [-0.15, -0.1) is 0 Å². The number of unbranched alkanes of at least 4 members (excludes halogenated alkanes) is 1. The molecule has 8 nitrogen and oxygen atoms in total. The third-order valence-electron chi connectivity index (χ3n) is 5.92. The number of carbonyl (C=O) groups is 4. The third kappa shape index (κ3) is 6.30. The predicted molar refractivity (Wildman–Crippen MR) is 151 cm³/mol. The van der Waals surface area contributed by atoms with Crippen molar-refractivity contribution in [2.75, 3.05) is 22.1 Å². The maximum absolute atomic E-state index is 13.1. The second kappa shape index (κ2) is 12.1. The van der Waals surface area contributed by atoms with Crippen LogP contribution in [0.1, 0.15) is 46.0 Å². The van der Waals surface area contributed by atoms with Crippen LogP contribution in [0.2, 0.25) is 5.02 Å². The Kier molecular flexibility index (Phi) is 8.69. The SMILES string of the molecule is CCCCOC(=O)c1cccc(NC(=O)c2cccc(NC3=C(Cl)C(=O)N(c4ccc(C)c(Cl)c4)C3=O)c2)c1. The fraction of sp³-hybridized carbons (Fsp3) is 0.172. The summed E-state index contributed by atoms with van der Waals surface area (Å²) in [7, 11) is 0. The van der Waals surface area contributed by atoms with Crippen LogP contribution in [0.25, 0.3) is 0 Å². The zero-order valence-electron chi connectivity index (χ0n) is 21.2. The van der Waals surface area contributed by atoms with E-state index in [-0.39, 0.29) is 16.3 Å². The lowest BCUT2D eigenvalue weighted by atomic mass is 10.1. The molecule has 3 amide bonds. The number of carbonyl (C=O) groups excluding carboxylic acids is 4. The van der Waals surface area contributed by atoms with Crippen LogP contribution >= 0.6 is 23.2 Å². The molecule has 2 N–H and O–H groups in total. The van der Waals surface area contributed by atoms with Crippen molar-refractivity contribution in [1.82, 2.24) is 0 Å². The molecule has 0 atom stereocenters. The molecule has 1 aliphatic rings. The number of ether oxygens (including phenoxy) is 1. The lowest BCUT2D eigenvalue weighted by Gasteiger charge is -2.16. The van der Waals surface area contributed by atoms with E-state index < -0.39 is 23.7 Å². The van der Waals surface area contributed by atoms with Gasteiger partial charge in [-0.1, -0.05) is 54.7 Å². The Bertz CT molecular complexity index is 1500. The molecule has 1 heterocycles. The highest BCUT2D eigenvalue weighted by Gasteiger charge is 2.39. The molecule has 0 saturated carbocycles. The summed E-state index contributed by atoms with van der Waals surface area (Å²) in [5, 5.41) is 5.74. The summed E-state index contributed by atoms with van der Waals surface area (Å²) in [6.45, 7) is 4.14. The van der Waals surface area contributed by atoms with Gasteiger partial charge in [-0.3, -0.25) is 14.4 Å². The molecule has 0 spiro atoms. The average molecular weight is 566 g/mol. The van der Waals surface area contributed by atoms with Gasteiger partial charge in [0.2, 0.25) is 0 Å². The van der Waals surface area contributed by atoms with Crippen molar-refractivity contribution in [3.8, 4) is 0 Å². The lowest BCUT2D eigenvalue weighted by molar-refractivity contribution is -0.120. The number of aryl methyl sites for hydroxylation is 1. The van der Waals surface area contributed by atoms with Crippen LogP contribution in [0, 0.1) is 6.92 Å². The van der Waals surface area contributed by atoms with Crippen molar-refractivity contribution < 1.29 is 23.9 Å². The van der Waals surface area contributed by atoms with Crippen molar-refractivity contribution in [2.24, 2.45) is 0 Å². The van der Waals surface area contributed by atoms with Gasteiger partial charge in [-0.05, 0) is 67.4 Å². The summed E-state index contributed by atoms with van der Waals surface area (Å²) in [6, 6.07) is 17.6. The van der Waals surface area contributed by atoms with Crippen molar-refractivity contribution in [3.05, 3.63) is 99.2 Å². The topological polar surface area (TPSA) is 105 Å². The van der Waals surface area contributed by atoms with Gasteiger partial charge in [0.25, 0.3) is 17.7 Å². The first-order valence-electron chi connectivity index (χ1n) is 12.2. The Labute approximate surface area is 235 Å². The van der Waals surface area contributed by atoms with E-state index in [9.17, 15) is 19.2 Å². The first-order chi connectivity index (χ1) is 18.7. The van der Waals surface area contributed by atoms with Gasteiger partial charge < -0.3 is 15.4 Å². The number of hydrogen-bond acceptors (Lipinski definition) is 6. The molecule has 0 aliphatic carbocycles. The van der Waals surface area contributed by atoms with Gasteiger partial charge in [-0.25, -0.2) is 9.69 Å². The highest BCUT2D eigenvalue weighted by atomic mass is 35.5. The highest BCUT2D eigenvalue weighted by Crippen LogP contribution is 2.32. The van der Waals surface area contributed by atoms with Crippen molar-refractivity contribution in [1.29, 1.82) is 0 Å². The van der Waals surface area contributed by atoms with Crippen LogP contribution in [0.3, 0.4) is 0 Å². The molecular weight excluding hydrogens is 541 g/mol. The molecule has 0 fully saturated rings. The molecule has 0 bridgehead atoms.